The normalized spacial score (nSPS) is 10.5. The van der Waals surface area contributed by atoms with Crippen LogP contribution in [-0.4, -0.2) is 12.0 Å². The van der Waals surface area contributed by atoms with Crippen LogP contribution in [0.4, 0.5) is 0 Å². The SMILES string of the molecule is COc1cccc(/C=C/[N+](=O)[O-])c1OCc1ccccc1. The smallest absolute Gasteiger partial charge is 0.235 e. The topological polar surface area (TPSA) is 61.6 Å². The van der Waals surface area contributed by atoms with Crippen molar-refractivity contribution < 1.29 is 14.4 Å². The summed E-state index contributed by atoms with van der Waals surface area (Å²) in [5.41, 5.74) is 1.61. The second-order valence-electron chi connectivity index (χ2n) is 4.25. The first-order valence-electron chi connectivity index (χ1n) is 6.36. The lowest BCUT2D eigenvalue weighted by Crippen LogP contribution is -1.99. The fourth-order valence-corrected chi connectivity index (χ4v) is 1.85. The molecule has 0 saturated heterocycles. The molecule has 21 heavy (non-hydrogen) atoms. The fraction of sp³-hybridized carbons (Fsp3) is 0.125. The van der Waals surface area contributed by atoms with E-state index in [-0.39, 0.29) is 0 Å². The van der Waals surface area contributed by atoms with Crippen molar-refractivity contribution in [3.63, 3.8) is 0 Å². The van der Waals surface area contributed by atoms with E-state index in [2.05, 4.69) is 0 Å². The van der Waals surface area contributed by atoms with Gasteiger partial charge in [-0.25, -0.2) is 0 Å². The molecule has 0 radical (unpaired) electrons. The average molecular weight is 285 g/mol. The van der Waals surface area contributed by atoms with E-state index >= 15 is 0 Å². The Morgan fingerprint density at radius 2 is 1.90 bits per heavy atom. The van der Waals surface area contributed by atoms with Gasteiger partial charge in [-0.1, -0.05) is 42.5 Å². The number of hydrogen-bond donors (Lipinski definition) is 0. The highest BCUT2D eigenvalue weighted by atomic mass is 16.6. The lowest BCUT2D eigenvalue weighted by molar-refractivity contribution is -0.400. The van der Waals surface area contributed by atoms with Crippen molar-refractivity contribution in [2.24, 2.45) is 0 Å². The zero-order chi connectivity index (χ0) is 15.1. The van der Waals surface area contributed by atoms with E-state index in [0.717, 1.165) is 11.8 Å². The minimum Gasteiger partial charge on any atom is -0.493 e. The highest BCUT2D eigenvalue weighted by Gasteiger charge is 2.09. The monoisotopic (exact) mass is 285 g/mol. The standard InChI is InChI=1S/C16H15NO4/c1-20-15-9-5-8-14(10-11-17(18)19)16(15)21-12-13-6-3-2-4-7-13/h2-11H,12H2,1H3/b11-10+. The maximum atomic E-state index is 10.5. The van der Waals surface area contributed by atoms with E-state index in [0.29, 0.717) is 23.7 Å². The van der Waals surface area contributed by atoms with Crippen molar-refractivity contribution in [1.82, 2.24) is 0 Å². The van der Waals surface area contributed by atoms with Gasteiger partial charge in [-0.3, -0.25) is 10.1 Å². The molecule has 0 aliphatic heterocycles. The zero-order valence-electron chi connectivity index (χ0n) is 11.6. The fourth-order valence-electron chi connectivity index (χ4n) is 1.85. The number of methoxy groups -OCH3 is 1. The number of para-hydroxylation sites is 1. The predicted molar refractivity (Wildman–Crippen MR) is 79.8 cm³/mol. The van der Waals surface area contributed by atoms with E-state index in [1.54, 1.807) is 18.2 Å². The van der Waals surface area contributed by atoms with E-state index in [4.69, 9.17) is 9.47 Å². The summed E-state index contributed by atoms with van der Waals surface area (Å²) < 4.78 is 11.0. The first-order valence-corrected chi connectivity index (χ1v) is 6.36. The number of nitrogens with zero attached hydrogens (tertiary/aromatic N) is 1. The van der Waals surface area contributed by atoms with Gasteiger partial charge in [0.25, 0.3) is 0 Å². The Bertz CT molecular complexity index is 638. The van der Waals surface area contributed by atoms with Gasteiger partial charge in [0.15, 0.2) is 11.5 Å². The number of rotatable bonds is 6. The highest BCUT2D eigenvalue weighted by Crippen LogP contribution is 2.32. The Kier molecular flexibility index (Phi) is 4.93. The molecule has 2 aromatic carbocycles. The number of hydrogen-bond acceptors (Lipinski definition) is 4. The largest absolute Gasteiger partial charge is 0.493 e. The van der Waals surface area contributed by atoms with Gasteiger partial charge >= 0.3 is 0 Å². The maximum Gasteiger partial charge on any atom is 0.235 e. The molecule has 5 heteroatoms. The highest BCUT2D eigenvalue weighted by molar-refractivity contribution is 5.61. The molecular formula is C16H15NO4. The molecule has 0 amide bonds. The molecule has 0 fully saturated rings. The molecule has 0 atom stereocenters. The molecule has 2 aromatic rings. The van der Waals surface area contributed by atoms with Gasteiger partial charge in [0.05, 0.1) is 12.0 Å². The van der Waals surface area contributed by atoms with Gasteiger partial charge in [0.2, 0.25) is 6.20 Å². The molecule has 0 saturated carbocycles. The average Bonchev–Trinajstić information content (AvgIpc) is 2.52. The van der Waals surface area contributed by atoms with Crippen molar-refractivity contribution in [3.8, 4) is 11.5 Å². The molecule has 0 unspecified atom stereocenters. The molecule has 0 N–H and O–H groups in total. The van der Waals surface area contributed by atoms with E-state index in [1.165, 1.54) is 13.2 Å². The lowest BCUT2D eigenvalue weighted by Gasteiger charge is -2.13. The first-order chi connectivity index (χ1) is 10.2. The van der Waals surface area contributed by atoms with Crippen molar-refractivity contribution in [2.45, 2.75) is 6.61 Å². The number of ether oxygens (including phenoxy) is 2. The van der Waals surface area contributed by atoms with Crippen molar-refractivity contribution in [3.05, 3.63) is 76.0 Å². The van der Waals surface area contributed by atoms with Crippen LogP contribution < -0.4 is 9.47 Å². The Morgan fingerprint density at radius 3 is 2.57 bits per heavy atom. The molecule has 108 valence electrons. The Balaban J connectivity index is 2.25. The van der Waals surface area contributed by atoms with Crippen LogP contribution in [0.5, 0.6) is 11.5 Å². The minimum atomic E-state index is -0.513. The summed E-state index contributed by atoms with van der Waals surface area (Å²) in [4.78, 5) is 9.95. The van der Waals surface area contributed by atoms with E-state index < -0.39 is 4.92 Å². The Hall–Kier alpha value is -2.82. The number of nitro groups is 1. The Labute approximate surface area is 122 Å². The van der Waals surface area contributed by atoms with Crippen molar-refractivity contribution in [1.29, 1.82) is 0 Å². The quantitative estimate of drug-likeness (QED) is 0.601. The lowest BCUT2D eigenvalue weighted by atomic mass is 10.1. The third kappa shape index (κ3) is 4.07. The number of benzene rings is 2. The first kappa shape index (κ1) is 14.6. The van der Waals surface area contributed by atoms with Crippen molar-refractivity contribution >= 4 is 6.08 Å². The maximum absolute atomic E-state index is 10.5. The second kappa shape index (κ2) is 7.09. The van der Waals surface area contributed by atoms with Crippen LogP contribution in [0.2, 0.25) is 0 Å². The van der Waals surface area contributed by atoms with Gasteiger partial charge in [-0.05, 0) is 11.6 Å². The molecule has 2 rings (SSSR count). The molecule has 0 spiro atoms. The van der Waals surface area contributed by atoms with E-state index in [1.807, 2.05) is 30.3 Å². The van der Waals surface area contributed by atoms with Gasteiger partial charge in [0.1, 0.15) is 6.61 Å². The van der Waals surface area contributed by atoms with Crippen LogP contribution in [0.25, 0.3) is 6.08 Å². The molecule has 0 heterocycles. The molecule has 0 aromatic heterocycles. The van der Waals surface area contributed by atoms with Crippen LogP contribution in [0, 0.1) is 10.1 Å². The minimum absolute atomic E-state index is 0.362. The van der Waals surface area contributed by atoms with Gasteiger partial charge in [0, 0.05) is 11.6 Å². The van der Waals surface area contributed by atoms with Gasteiger partial charge in [-0.2, -0.15) is 0 Å². The van der Waals surface area contributed by atoms with Crippen LogP contribution in [-0.2, 0) is 6.61 Å². The molecule has 5 nitrogen and oxygen atoms in total. The Morgan fingerprint density at radius 1 is 1.14 bits per heavy atom. The van der Waals surface area contributed by atoms with Gasteiger partial charge in [-0.15, -0.1) is 0 Å². The zero-order valence-corrected chi connectivity index (χ0v) is 11.6. The van der Waals surface area contributed by atoms with E-state index in [9.17, 15) is 10.1 Å². The summed E-state index contributed by atoms with van der Waals surface area (Å²) in [5, 5.41) is 10.5. The summed E-state index contributed by atoms with van der Waals surface area (Å²) >= 11 is 0. The molecular weight excluding hydrogens is 270 g/mol. The summed E-state index contributed by atoms with van der Waals surface area (Å²) in [5.74, 6) is 1.03. The van der Waals surface area contributed by atoms with Gasteiger partial charge < -0.3 is 9.47 Å². The summed E-state index contributed by atoms with van der Waals surface area (Å²) in [6, 6.07) is 14.9. The molecule has 0 aliphatic carbocycles. The molecule has 0 aliphatic rings. The molecule has 0 bridgehead atoms. The third-order valence-electron chi connectivity index (χ3n) is 2.83. The second-order valence-corrected chi connectivity index (χ2v) is 4.25. The summed E-state index contributed by atoms with van der Waals surface area (Å²) in [6.45, 7) is 0.362. The summed E-state index contributed by atoms with van der Waals surface area (Å²) in [7, 11) is 1.53. The van der Waals surface area contributed by atoms with Crippen LogP contribution in [0.15, 0.2) is 54.7 Å². The van der Waals surface area contributed by atoms with Crippen LogP contribution in [0.3, 0.4) is 0 Å². The van der Waals surface area contributed by atoms with Crippen LogP contribution in [0.1, 0.15) is 11.1 Å². The summed E-state index contributed by atoms with van der Waals surface area (Å²) in [6.07, 6.45) is 2.27. The predicted octanol–water partition coefficient (Wildman–Crippen LogP) is 3.52. The third-order valence-corrected chi connectivity index (χ3v) is 2.83. The van der Waals surface area contributed by atoms with Crippen molar-refractivity contribution in [2.75, 3.05) is 7.11 Å². The van der Waals surface area contributed by atoms with Crippen LogP contribution >= 0.6 is 0 Å².